The van der Waals surface area contributed by atoms with Gasteiger partial charge in [0.05, 0.1) is 18.3 Å². The second kappa shape index (κ2) is 5.26. The molecule has 0 spiro atoms. The predicted molar refractivity (Wildman–Crippen MR) is 69.8 cm³/mol. The molecule has 0 aliphatic carbocycles. The maximum Gasteiger partial charge on any atom is 0.416 e. The van der Waals surface area contributed by atoms with Gasteiger partial charge in [0.15, 0.2) is 0 Å². The molecule has 2 heterocycles. The van der Waals surface area contributed by atoms with Crippen LogP contribution in [0.4, 0.5) is 18.9 Å². The van der Waals surface area contributed by atoms with Crippen LogP contribution in [0.2, 0.25) is 0 Å². The summed E-state index contributed by atoms with van der Waals surface area (Å²) >= 11 is 0. The molecule has 0 bridgehead atoms. The summed E-state index contributed by atoms with van der Waals surface area (Å²) in [5.74, 6) is 0. The molecule has 20 heavy (non-hydrogen) atoms. The van der Waals surface area contributed by atoms with Gasteiger partial charge in [-0.2, -0.15) is 13.2 Å². The molecule has 1 unspecified atom stereocenters. The Bertz CT molecular complexity index is 448. The van der Waals surface area contributed by atoms with E-state index in [2.05, 4.69) is 9.80 Å². The van der Waals surface area contributed by atoms with Crippen molar-refractivity contribution in [1.29, 1.82) is 0 Å². The van der Waals surface area contributed by atoms with E-state index >= 15 is 0 Å². The fourth-order valence-electron chi connectivity index (χ4n) is 2.51. The topological polar surface area (TPSA) is 19.0 Å². The van der Waals surface area contributed by atoms with Crippen LogP contribution in [0, 0.1) is 0 Å². The van der Waals surface area contributed by atoms with Crippen molar-refractivity contribution < 1.29 is 17.9 Å². The van der Waals surface area contributed by atoms with Crippen molar-refractivity contribution in [2.45, 2.75) is 12.3 Å². The quantitative estimate of drug-likeness (QED) is 0.794. The Kier molecular flexibility index (Phi) is 3.60. The van der Waals surface area contributed by atoms with Gasteiger partial charge in [0.2, 0.25) is 0 Å². The van der Waals surface area contributed by atoms with E-state index in [-0.39, 0.29) is 0 Å². The van der Waals surface area contributed by atoms with Crippen LogP contribution in [0.25, 0.3) is 0 Å². The number of piperazine rings is 1. The summed E-state index contributed by atoms with van der Waals surface area (Å²) in [5.41, 5.74) is 0.270. The molecule has 3 nitrogen and oxygen atoms in total. The summed E-state index contributed by atoms with van der Waals surface area (Å²) < 4.78 is 42.7. The van der Waals surface area contributed by atoms with Crippen molar-refractivity contribution in [2.75, 3.05) is 44.2 Å². The molecule has 3 rings (SSSR count). The molecule has 0 N–H and O–H groups in total. The van der Waals surface area contributed by atoms with E-state index in [4.69, 9.17) is 4.74 Å². The van der Waals surface area contributed by atoms with Crippen LogP contribution in [0.1, 0.15) is 5.56 Å². The third-order valence-corrected chi connectivity index (χ3v) is 3.80. The molecular weight excluding hydrogens is 269 g/mol. The van der Waals surface area contributed by atoms with Gasteiger partial charge in [0.1, 0.15) is 0 Å². The predicted octanol–water partition coefficient (Wildman–Crippen LogP) is 2.23. The van der Waals surface area contributed by atoms with E-state index in [0.29, 0.717) is 6.10 Å². The first-order chi connectivity index (χ1) is 9.52. The number of rotatable bonds is 3. The van der Waals surface area contributed by atoms with E-state index in [1.165, 1.54) is 0 Å². The van der Waals surface area contributed by atoms with Gasteiger partial charge in [-0.3, -0.25) is 4.90 Å². The van der Waals surface area contributed by atoms with Gasteiger partial charge in [-0.25, -0.2) is 0 Å². The van der Waals surface area contributed by atoms with E-state index in [9.17, 15) is 13.2 Å². The number of alkyl halides is 3. The number of anilines is 1. The van der Waals surface area contributed by atoms with Crippen LogP contribution in [0.3, 0.4) is 0 Å². The van der Waals surface area contributed by atoms with Crippen LogP contribution in [0.15, 0.2) is 24.3 Å². The number of epoxide rings is 1. The Balaban J connectivity index is 1.57. The van der Waals surface area contributed by atoms with Gasteiger partial charge in [-0.05, 0) is 24.3 Å². The zero-order chi connectivity index (χ0) is 14.2. The lowest BCUT2D eigenvalue weighted by atomic mass is 10.1. The van der Waals surface area contributed by atoms with Crippen molar-refractivity contribution in [2.24, 2.45) is 0 Å². The Labute approximate surface area is 115 Å². The molecular formula is C14H17F3N2O. The number of benzene rings is 1. The molecule has 1 aromatic rings. The van der Waals surface area contributed by atoms with E-state index in [1.807, 2.05) is 0 Å². The normalized spacial score (nSPS) is 23.9. The van der Waals surface area contributed by atoms with E-state index < -0.39 is 11.7 Å². The molecule has 0 aromatic heterocycles. The highest BCUT2D eigenvalue weighted by Gasteiger charge is 2.30. The van der Waals surface area contributed by atoms with Gasteiger partial charge >= 0.3 is 6.18 Å². The van der Waals surface area contributed by atoms with Crippen molar-refractivity contribution in [1.82, 2.24) is 4.90 Å². The summed E-state index contributed by atoms with van der Waals surface area (Å²) in [5, 5.41) is 0. The molecule has 1 aromatic carbocycles. The van der Waals surface area contributed by atoms with Gasteiger partial charge in [-0.15, -0.1) is 0 Å². The molecule has 6 heteroatoms. The Morgan fingerprint density at radius 3 is 2.15 bits per heavy atom. The highest BCUT2D eigenvalue weighted by Crippen LogP contribution is 2.30. The SMILES string of the molecule is FC(F)(F)c1ccc(N2CCN(CC3CO3)CC2)cc1. The van der Waals surface area contributed by atoms with Crippen LogP contribution in [0.5, 0.6) is 0 Å². The van der Waals surface area contributed by atoms with E-state index in [1.54, 1.807) is 12.1 Å². The van der Waals surface area contributed by atoms with Crippen LogP contribution in [-0.2, 0) is 10.9 Å². The number of hydrogen-bond acceptors (Lipinski definition) is 3. The summed E-state index contributed by atoms with van der Waals surface area (Å²) in [6, 6.07) is 5.42. The van der Waals surface area contributed by atoms with E-state index in [0.717, 1.165) is 57.2 Å². The lowest BCUT2D eigenvalue weighted by Crippen LogP contribution is -2.47. The second-order valence-corrected chi connectivity index (χ2v) is 5.29. The fourth-order valence-corrected chi connectivity index (χ4v) is 2.51. The van der Waals surface area contributed by atoms with Gasteiger partial charge in [0.25, 0.3) is 0 Å². The van der Waals surface area contributed by atoms with Gasteiger partial charge in [0, 0.05) is 38.4 Å². The third-order valence-electron chi connectivity index (χ3n) is 3.80. The number of nitrogens with zero attached hydrogens (tertiary/aromatic N) is 2. The zero-order valence-electron chi connectivity index (χ0n) is 11.1. The number of ether oxygens (including phenoxy) is 1. The minimum atomic E-state index is -4.26. The molecule has 0 radical (unpaired) electrons. The van der Waals surface area contributed by atoms with Gasteiger partial charge in [-0.1, -0.05) is 0 Å². The smallest absolute Gasteiger partial charge is 0.372 e. The Morgan fingerprint density at radius 1 is 1.05 bits per heavy atom. The first-order valence-electron chi connectivity index (χ1n) is 6.78. The zero-order valence-corrected chi connectivity index (χ0v) is 11.1. The Morgan fingerprint density at radius 2 is 1.65 bits per heavy atom. The summed E-state index contributed by atoms with van der Waals surface area (Å²) in [6.07, 6.45) is -3.87. The van der Waals surface area contributed by atoms with Crippen LogP contribution < -0.4 is 4.90 Å². The second-order valence-electron chi connectivity index (χ2n) is 5.29. The Hall–Kier alpha value is -1.27. The first kappa shape index (κ1) is 13.7. The molecule has 110 valence electrons. The largest absolute Gasteiger partial charge is 0.416 e. The van der Waals surface area contributed by atoms with Crippen molar-refractivity contribution in [3.63, 3.8) is 0 Å². The molecule has 2 aliphatic heterocycles. The molecule has 0 saturated carbocycles. The van der Waals surface area contributed by atoms with Crippen LogP contribution >= 0.6 is 0 Å². The molecule has 2 aliphatic rings. The summed E-state index contributed by atoms with van der Waals surface area (Å²) in [7, 11) is 0. The summed E-state index contributed by atoms with van der Waals surface area (Å²) in [6.45, 7) is 5.39. The summed E-state index contributed by atoms with van der Waals surface area (Å²) in [4.78, 5) is 4.47. The maximum absolute atomic E-state index is 12.5. The third kappa shape index (κ3) is 3.24. The first-order valence-corrected chi connectivity index (χ1v) is 6.78. The van der Waals surface area contributed by atoms with Crippen molar-refractivity contribution in [3.05, 3.63) is 29.8 Å². The monoisotopic (exact) mass is 286 g/mol. The highest BCUT2D eigenvalue weighted by molar-refractivity contribution is 5.48. The lowest BCUT2D eigenvalue weighted by Gasteiger charge is -2.35. The van der Waals surface area contributed by atoms with Crippen molar-refractivity contribution in [3.8, 4) is 0 Å². The average Bonchev–Trinajstić information content (AvgIpc) is 3.23. The van der Waals surface area contributed by atoms with Crippen molar-refractivity contribution >= 4 is 5.69 Å². The average molecular weight is 286 g/mol. The highest BCUT2D eigenvalue weighted by atomic mass is 19.4. The minimum absolute atomic E-state index is 0.396. The molecule has 2 fully saturated rings. The lowest BCUT2D eigenvalue weighted by molar-refractivity contribution is -0.137. The number of hydrogen-bond donors (Lipinski definition) is 0. The number of halogens is 3. The standard InChI is InChI=1S/C14H17F3N2O/c15-14(16,17)11-1-3-12(4-2-11)19-7-5-18(6-8-19)9-13-10-20-13/h1-4,13H,5-10H2. The molecule has 2 saturated heterocycles. The minimum Gasteiger partial charge on any atom is -0.372 e. The maximum atomic E-state index is 12.5. The molecule has 1 atom stereocenters. The fraction of sp³-hybridized carbons (Fsp3) is 0.571. The van der Waals surface area contributed by atoms with Gasteiger partial charge < -0.3 is 9.64 Å². The molecule has 0 amide bonds. The van der Waals surface area contributed by atoms with Crippen LogP contribution in [-0.4, -0.2) is 50.3 Å².